The molecule has 0 saturated heterocycles. The molecule has 1 fully saturated rings. The number of nitrogens with one attached hydrogen (secondary N) is 2. The summed E-state index contributed by atoms with van der Waals surface area (Å²) in [7, 11) is 0. The number of unbranched alkanes of at least 4 members (excludes halogenated alkanes) is 1. The second-order valence-corrected chi connectivity index (χ2v) is 6.23. The molecule has 0 aliphatic heterocycles. The molecule has 1 saturated carbocycles. The molecule has 0 bridgehead atoms. The van der Waals surface area contributed by atoms with Crippen LogP contribution >= 0.6 is 24.0 Å². The van der Waals surface area contributed by atoms with Crippen LogP contribution in [-0.2, 0) is 4.74 Å². The van der Waals surface area contributed by atoms with E-state index in [-0.39, 0.29) is 24.0 Å². The van der Waals surface area contributed by atoms with Crippen molar-refractivity contribution >= 4 is 29.9 Å². The number of guanidine groups is 1. The first-order chi connectivity index (χ1) is 10.7. The summed E-state index contributed by atoms with van der Waals surface area (Å²) >= 11 is 0. The third-order valence-electron chi connectivity index (χ3n) is 4.06. The van der Waals surface area contributed by atoms with Crippen molar-refractivity contribution < 1.29 is 9.84 Å². The van der Waals surface area contributed by atoms with E-state index in [1.807, 2.05) is 0 Å². The Kier molecular flexibility index (Phi) is 14.2. The fourth-order valence-corrected chi connectivity index (χ4v) is 2.67. The highest BCUT2D eigenvalue weighted by Crippen LogP contribution is 2.28. The molecular formula is C17H36IN3O2. The molecule has 0 aromatic rings. The molecule has 0 aromatic carbocycles. The van der Waals surface area contributed by atoms with Crippen LogP contribution in [0, 0.1) is 0 Å². The Labute approximate surface area is 159 Å². The number of aliphatic hydroxyl groups is 1. The topological polar surface area (TPSA) is 65.9 Å². The summed E-state index contributed by atoms with van der Waals surface area (Å²) in [5, 5.41) is 17.1. The van der Waals surface area contributed by atoms with Crippen LogP contribution in [0.2, 0.25) is 0 Å². The molecule has 3 N–H and O–H groups in total. The molecule has 0 heterocycles. The van der Waals surface area contributed by atoms with E-state index < -0.39 is 5.60 Å². The molecular weight excluding hydrogens is 405 g/mol. The van der Waals surface area contributed by atoms with Gasteiger partial charge in [0.05, 0.1) is 12.1 Å². The molecule has 1 rings (SSSR count). The summed E-state index contributed by atoms with van der Waals surface area (Å²) < 4.78 is 5.55. The maximum Gasteiger partial charge on any atom is 0.191 e. The van der Waals surface area contributed by atoms with Crippen molar-refractivity contribution in [2.45, 2.75) is 70.8 Å². The smallest absolute Gasteiger partial charge is 0.191 e. The lowest BCUT2D eigenvalue weighted by Gasteiger charge is -2.30. The molecule has 1 aliphatic carbocycles. The van der Waals surface area contributed by atoms with E-state index in [1.54, 1.807) is 0 Å². The van der Waals surface area contributed by atoms with Gasteiger partial charge in [-0.2, -0.15) is 0 Å². The normalized spacial score (nSPS) is 17.4. The Bertz CT molecular complexity index is 308. The Morgan fingerprint density at radius 3 is 2.43 bits per heavy atom. The zero-order chi connectivity index (χ0) is 16.1. The highest BCUT2D eigenvalue weighted by atomic mass is 127. The lowest BCUT2D eigenvalue weighted by Crippen LogP contribution is -2.41. The second kappa shape index (κ2) is 14.3. The Morgan fingerprint density at radius 2 is 1.78 bits per heavy atom. The van der Waals surface area contributed by atoms with Crippen LogP contribution in [0.5, 0.6) is 0 Å². The van der Waals surface area contributed by atoms with Gasteiger partial charge < -0.3 is 20.5 Å². The molecule has 0 unspecified atom stereocenters. The molecule has 6 heteroatoms. The summed E-state index contributed by atoms with van der Waals surface area (Å²) in [5.41, 5.74) is -0.593. The van der Waals surface area contributed by atoms with Gasteiger partial charge in [0, 0.05) is 26.3 Å². The van der Waals surface area contributed by atoms with Crippen LogP contribution in [0.1, 0.15) is 65.2 Å². The van der Waals surface area contributed by atoms with Gasteiger partial charge in [0.25, 0.3) is 0 Å². The van der Waals surface area contributed by atoms with Gasteiger partial charge in [-0.1, -0.05) is 32.6 Å². The van der Waals surface area contributed by atoms with Crippen LogP contribution < -0.4 is 10.6 Å². The minimum Gasteiger partial charge on any atom is -0.388 e. The quantitative estimate of drug-likeness (QED) is 0.211. The van der Waals surface area contributed by atoms with Gasteiger partial charge >= 0.3 is 0 Å². The molecule has 0 spiro atoms. The second-order valence-electron chi connectivity index (χ2n) is 6.23. The van der Waals surface area contributed by atoms with E-state index in [2.05, 4.69) is 29.5 Å². The number of aliphatic imine (C=N–C) groups is 1. The van der Waals surface area contributed by atoms with E-state index in [1.165, 1.54) is 12.8 Å². The average molecular weight is 441 g/mol. The molecule has 1 aliphatic rings. The van der Waals surface area contributed by atoms with Gasteiger partial charge in [0.15, 0.2) is 5.96 Å². The first-order valence-corrected chi connectivity index (χ1v) is 9.02. The SMILES string of the molecule is CCCCOCCCNC(=NCC1(O)CCCCC1)NCC.I. The predicted octanol–water partition coefficient (Wildman–Crippen LogP) is 3.06. The van der Waals surface area contributed by atoms with Crippen molar-refractivity contribution in [1.29, 1.82) is 0 Å². The summed E-state index contributed by atoms with van der Waals surface area (Å²) in [6.45, 7) is 8.04. The van der Waals surface area contributed by atoms with Crippen LogP contribution in [-0.4, -0.2) is 49.5 Å². The number of hydrogen-bond acceptors (Lipinski definition) is 3. The fraction of sp³-hybridized carbons (Fsp3) is 0.941. The van der Waals surface area contributed by atoms with E-state index in [4.69, 9.17) is 4.74 Å². The van der Waals surface area contributed by atoms with Gasteiger partial charge in [-0.05, 0) is 32.6 Å². The highest BCUT2D eigenvalue weighted by Gasteiger charge is 2.28. The Balaban J connectivity index is 0.00000484. The molecule has 0 aromatic heterocycles. The van der Waals surface area contributed by atoms with Crippen molar-refractivity contribution in [3.8, 4) is 0 Å². The third-order valence-corrected chi connectivity index (χ3v) is 4.06. The molecule has 5 nitrogen and oxygen atoms in total. The maximum atomic E-state index is 10.5. The van der Waals surface area contributed by atoms with Crippen molar-refractivity contribution in [3.05, 3.63) is 0 Å². The molecule has 23 heavy (non-hydrogen) atoms. The molecule has 138 valence electrons. The first kappa shape index (κ1) is 22.9. The number of halogens is 1. The molecule has 0 radical (unpaired) electrons. The highest BCUT2D eigenvalue weighted by molar-refractivity contribution is 14.0. The lowest BCUT2D eigenvalue weighted by molar-refractivity contribution is 0.0131. The van der Waals surface area contributed by atoms with E-state index in [0.29, 0.717) is 6.54 Å². The van der Waals surface area contributed by atoms with Crippen molar-refractivity contribution in [2.75, 3.05) is 32.8 Å². The lowest BCUT2D eigenvalue weighted by atomic mass is 9.85. The van der Waals surface area contributed by atoms with Crippen LogP contribution in [0.25, 0.3) is 0 Å². The van der Waals surface area contributed by atoms with E-state index in [0.717, 1.165) is 70.8 Å². The van der Waals surface area contributed by atoms with Crippen LogP contribution in [0.15, 0.2) is 4.99 Å². The van der Waals surface area contributed by atoms with Gasteiger partial charge in [-0.3, -0.25) is 4.99 Å². The summed E-state index contributed by atoms with van der Waals surface area (Å²) in [4.78, 5) is 4.56. The zero-order valence-corrected chi connectivity index (χ0v) is 17.2. The zero-order valence-electron chi connectivity index (χ0n) is 14.9. The minimum atomic E-state index is -0.593. The van der Waals surface area contributed by atoms with Gasteiger partial charge in [0.1, 0.15) is 0 Å². The Morgan fingerprint density at radius 1 is 1.09 bits per heavy atom. The van der Waals surface area contributed by atoms with Crippen molar-refractivity contribution in [1.82, 2.24) is 10.6 Å². The minimum absolute atomic E-state index is 0. The van der Waals surface area contributed by atoms with Crippen molar-refractivity contribution in [2.24, 2.45) is 4.99 Å². The maximum absolute atomic E-state index is 10.5. The molecule has 0 atom stereocenters. The van der Waals surface area contributed by atoms with Gasteiger partial charge in [-0.15, -0.1) is 24.0 Å². The molecule has 0 amide bonds. The van der Waals surface area contributed by atoms with Gasteiger partial charge in [-0.25, -0.2) is 0 Å². The predicted molar refractivity (Wildman–Crippen MR) is 108 cm³/mol. The van der Waals surface area contributed by atoms with Gasteiger partial charge in [0.2, 0.25) is 0 Å². The Hall–Kier alpha value is -0.0800. The number of ether oxygens (including phenoxy) is 1. The monoisotopic (exact) mass is 441 g/mol. The van der Waals surface area contributed by atoms with Crippen LogP contribution in [0.4, 0.5) is 0 Å². The first-order valence-electron chi connectivity index (χ1n) is 9.02. The number of rotatable bonds is 10. The average Bonchev–Trinajstić information content (AvgIpc) is 2.52. The summed E-state index contributed by atoms with van der Waals surface area (Å²) in [6, 6.07) is 0. The number of hydrogen-bond donors (Lipinski definition) is 3. The number of nitrogens with zero attached hydrogens (tertiary/aromatic N) is 1. The van der Waals surface area contributed by atoms with E-state index in [9.17, 15) is 5.11 Å². The summed E-state index contributed by atoms with van der Waals surface area (Å²) in [5.74, 6) is 0.801. The van der Waals surface area contributed by atoms with Crippen molar-refractivity contribution in [3.63, 3.8) is 0 Å². The van der Waals surface area contributed by atoms with Crippen LogP contribution in [0.3, 0.4) is 0 Å². The standard InChI is InChI=1S/C17H35N3O2.HI/c1-3-5-13-22-14-9-12-19-16(18-4-2)20-15-17(21)10-7-6-8-11-17;/h21H,3-15H2,1-2H3,(H2,18,19,20);1H. The van der Waals surface area contributed by atoms with E-state index >= 15 is 0 Å². The fourth-order valence-electron chi connectivity index (χ4n) is 2.67. The largest absolute Gasteiger partial charge is 0.388 e. The summed E-state index contributed by atoms with van der Waals surface area (Å²) in [6.07, 6.45) is 8.51. The third kappa shape index (κ3) is 11.2.